The number of hydrogen-bond acceptors (Lipinski definition) is 1. The summed E-state index contributed by atoms with van der Waals surface area (Å²) < 4.78 is 0. The first kappa shape index (κ1) is 8.31. The molecule has 1 fully saturated rings. The van der Waals surface area contributed by atoms with Gasteiger partial charge in [-0.25, -0.2) is 0 Å². The van der Waals surface area contributed by atoms with Gasteiger partial charge < -0.3 is 5.32 Å². The molecular formula is C9H15NO. The van der Waals surface area contributed by atoms with Gasteiger partial charge in [-0.15, -0.1) is 0 Å². The Bertz CT molecular complexity index is 165. The average Bonchev–Trinajstić information content (AvgIpc) is 1.96. The van der Waals surface area contributed by atoms with Crippen LogP contribution in [0.5, 0.6) is 0 Å². The summed E-state index contributed by atoms with van der Waals surface area (Å²) in [7, 11) is 0. The van der Waals surface area contributed by atoms with E-state index in [0.717, 1.165) is 19.3 Å². The normalized spacial score (nSPS) is 20.1. The Kier molecular flexibility index (Phi) is 2.32. The summed E-state index contributed by atoms with van der Waals surface area (Å²) in [4.78, 5) is 10.9. The molecule has 0 spiro atoms. The van der Waals surface area contributed by atoms with Crippen molar-refractivity contribution in [3.05, 3.63) is 12.7 Å². The van der Waals surface area contributed by atoms with Gasteiger partial charge in [0.2, 0.25) is 5.91 Å². The van der Waals surface area contributed by atoms with E-state index in [0.29, 0.717) is 0 Å². The zero-order valence-electron chi connectivity index (χ0n) is 7.02. The van der Waals surface area contributed by atoms with Gasteiger partial charge in [0.15, 0.2) is 0 Å². The maximum atomic E-state index is 10.9. The van der Waals surface area contributed by atoms with Crippen molar-refractivity contribution in [2.45, 2.75) is 38.1 Å². The van der Waals surface area contributed by atoms with Crippen molar-refractivity contribution in [1.82, 2.24) is 5.32 Å². The highest BCUT2D eigenvalue weighted by molar-refractivity contribution is 5.87. The number of carbonyl (C=O) groups is 1. The van der Waals surface area contributed by atoms with Crippen LogP contribution in [0.3, 0.4) is 0 Å². The van der Waals surface area contributed by atoms with Crippen molar-refractivity contribution in [2.75, 3.05) is 0 Å². The topological polar surface area (TPSA) is 29.1 Å². The number of rotatable bonds is 3. The molecule has 1 aliphatic carbocycles. The molecule has 1 saturated carbocycles. The summed E-state index contributed by atoms with van der Waals surface area (Å²) in [6, 6.07) is 0. The Hall–Kier alpha value is -0.790. The standard InChI is InChI=1S/C9H15NO/c1-3-8(11)10-9(4-2)6-5-7-9/h3H,1,4-7H2,2H3,(H,10,11). The maximum absolute atomic E-state index is 10.9. The lowest BCUT2D eigenvalue weighted by molar-refractivity contribution is -0.119. The van der Waals surface area contributed by atoms with Crippen molar-refractivity contribution in [1.29, 1.82) is 0 Å². The minimum atomic E-state index is -0.0356. The van der Waals surface area contributed by atoms with Gasteiger partial charge in [0, 0.05) is 5.54 Å². The van der Waals surface area contributed by atoms with Crippen LogP contribution in [0.4, 0.5) is 0 Å². The van der Waals surface area contributed by atoms with E-state index in [1.54, 1.807) is 0 Å². The maximum Gasteiger partial charge on any atom is 0.243 e. The summed E-state index contributed by atoms with van der Waals surface area (Å²) >= 11 is 0. The second-order valence-electron chi connectivity index (χ2n) is 3.18. The van der Waals surface area contributed by atoms with Crippen molar-refractivity contribution in [3.8, 4) is 0 Å². The number of amides is 1. The minimum Gasteiger partial charge on any atom is -0.347 e. The van der Waals surface area contributed by atoms with Gasteiger partial charge in [0.25, 0.3) is 0 Å². The number of hydrogen-bond donors (Lipinski definition) is 1. The lowest BCUT2D eigenvalue weighted by Gasteiger charge is -2.41. The molecule has 0 aliphatic heterocycles. The van der Waals surface area contributed by atoms with Crippen molar-refractivity contribution < 1.29 is 4.79 Å². The predicted octanol–water partition coefficient (Wildman–Crippen LogP) is 1.62. The Morgan fingerprint density at radius 2 is 2.36 bits per heavy atom. The molecule has 11 heavy (non-hydrogen) atoms. The van der Waals surface area contributed by atoms with Gasteiger partial charge in [-0.05, 0) is 31.8 Å². The van der Waals surface area contributed by atoms with E-state index < -0.39 is 0 Å². The van der Waals surface area contributed by atoms with Crippen molar-refractivity contribution in [2.24, 2.45) is 0 Å². The molecule has 62 valence electrons. The molecular weight excluding hydrogens is 138 g/mol. The Morgan fingerprint density at radius 3 is 2.64 bits per heavy atom. The van der Waals surface area contributed by atoms with Crippen LogP contribution in [-0.4, -0.2) is 11.4 Å². The van der Waals surface area contributed by atoms with E-state index in [4.69, 9.17) is 0 Å². The average molecular weight is 153 g/mol. The highest BCUT2D eigenvalue weighted by Gasteiger charge is 2.35. The molecule has 0 saturated heterocycles. The van der Waals surface area contributed by atoms with E-state index in [2.05, 4.69) is 18.8 Å². The smallest absolute Gasteiger partial charge is 0.243 e. The Labute approximate surface area is 67.7 Å². The van der Waals surface area contributed by atoms with Gasteiger partial charge in [-0.2, -0.15) is 0 Å². The van der Waals surface area contributed by atoms with Gasteiger partial charge in [0.1, 0.15) is 0 Å². The Morgan fingerprint density at radius 1 is 1.73 bits per heavy atom. The molecule has 1 amide bonds. The van der Waals surface area contributed by atoms with Crippen LogP contribution in [-0.2, 0) is 4.79 Å². The van der Waals surface area contributed by atoms with Crippen LogP contribution in [0.1, 0.15) is 32.6 Å². The minimum absolute atomic E-state index is 0.0356. The molecule has 0 bridgehead atoms. The molecule has 1 aliphatic rings. The van der Waals surface area contributed by atoms with E-state index in [-0.39, 0.29) is 11.4 Å². The van der Waals surface area contributed by atoms with Crippen LogP contribution in [0.2, 0.25) is 0 Å². The van der Waals surface area contributed by atoms with Crippen molar-refractivity contribution in [3.63, 3.8) is 0 Å². The first-order chi connectivity index (χ1) is 5.22. The summed E-state index contributed by atoms with van der Waals surface area (Å²) in [6.45, 7) is 5.54. The second-order valence-corrected chi connectivity index (χ2v) is 3.18. The summed E-state index contributed by atoms with van der Waals surface area (Å²) in [6.07, 6.45) is 5.87. The van der Waals surface area contributed by atoms with Crippen molar-refractivity contribution >= 4 is 5.91 Å². The zero-order valence-corrected chi connectivity index (χ0v) is 7.02. The van der Waals surface area contributed by atoms with E-state index >= 15 is 0 Å². The largest absolute Gasteiger partial charge is 0.347 e. The third kappa shape index (κ3) is 1.62. The van der Waals surface area contributed by atoms with Crippen LogP contribution >= 0.6 is 0 Å². The van der Waals surface area contributed by atoms with E-state index in [1.807, 2.05) is 0 Å². The molecule has 0 aromatic heterocycles. The summed E-state index contributed by atoms with van der Waals surface area (Å²) in [5.41, 5.74) is 0.116. The second kappa shape index (κ2) is 3.07. The van der Waals surface area contributed by atoms with E-state index in [1.165, 1.54) is 12.5 Å². The highest BCUT2D eigenvalue weighted by atomic mass is 16.1. The number of carbonyl (C=O) groups excluding carboxylic acids is 1. The molecule has 0 heterocycles. The molecule has 0 atom stereocenters. The molecule has 1 N–H and O–H groups in total. The summed E-state index contributed by atoms with van der Waals surface area (Å²) in [5, 5.41) is 2.97. The molecule has 0 aromatic carbocycles. The molecule has 2 heteroatoms. The highest BCUT2D eigenvalue weighted by Crippen LogP contribution is 2.34. The molecule has 2 nitrogen and oxygen atoms in total. The fraction of sp³-hybridized carbons (Fsp3) is 0.667. The molecule has 0 unspecified atom stereocenters. The lowest BCUT2D eigenvalue weighted by Crippen LogP contribution is -2.52. The fourth-order valence-corrected chi connectivity index (χ4v) is 1.48. The van der Waals surface area contributed by atoms with Crippen LogP contribution in [0.25, 0.3) is 0 Å². The third-order valence-electron chi connectivity index (χ3n) is 2.56. The first-order valence-corrected chi connectivity index (χ1v) is 4.17. The molecule has 0 aromatic rings. The van der Waals surface area contributed by atoms with E-state index in [9.17, 15) is 4.79 Å². The molecule has 1 rings (SSSR count). The van der Waals surface area contributed by atoms with Gasteiger partial charge >= 0.3 is 0 Å². The number of nitrogens with one attached hydrogen (secondary N) is 1. The van der Waals surface area contributed by atoms with Gasteiger partial charge in [-0.1, -0.05) is 13.5 Å². The third-order valence-corrected chi connectivity index (χ3v) is 2.56. The zero-order chi connectivity index (χ0) is 8.32. The SMILES string of the molecule is C=CC(=O)NC1(CC)CCC1. The van der Waals surface area contributed by atoms with Crippen LogP contribution < -0.4 is 5.32 Å². The predicted molar refractivity (Wildman–Crippen MR) is 45.2 cm³/mol. The van der Waals surface area contributed by atoms with Gasteiger partial charge in [0.05, 0.1) is 0 Å². The molecule has 0 radical (unpaired) electrons. The van der Waals surface area contributed by atoms with Crippen LogP contribution in [0, 0.1) is 0 Å². The quantitative estimate of drug-likeness (QED) is 0.613. The lowest BCUT2D eigenvalue weighted by atomic mass is 9.75. The monoisotopic (exact) mass is 153 g/mol. The van der Waals surface area contributed by atoms with Gasteiger partial charge in [-0.3, -0.25) is 4.79 Å². The van der Waals surface area contributed by atoms with Crippen LogP contribution in [0.15, 0.2) is 12.7 Å². The summed E-state index contributed by atoms with van der Waals surface area (Å²) in [5.74, 6) is -0.0356. The first-order valence-electron chi connectivity index (χ1n) is 4.17. The fourth-order valence-electron chi connectivity index (χ4n) is 1.48. The Balaban J connectivity index is 2.44.